The molecule has 0 aliphatic heterocycles. The van der Waals surface area contributed by atoms with E-state index in [1.807, 2.05) is 241 Å². The summed E-state index contributed by atoms with van der Waals surface area (Å²) in [7, 11) is 0. The molecule has 12 aromatic heterocycles. The lowest BCUT2D eigenvalue weighted by molar-refractivity contribution is 0.422. The fraction of sp³-hybridized carbons (Fsp3) is 0.656. The number of rotatable bonds is 6. The third kappa shape index (κ3) is 23.6. The van der Waals surface area contributed by atoms with E-state index >= 15 is 0 Å². The number of pyridine rings is 6. The molecule has 24 rings (SSSR count). The van der Waals surface area contributed by atoms with E-state index in [0.29, 0.717) is 32.5 Å². The number of hydrogen-bond acceptors (Lipinski definition) is 6. The maximum Gasteiger partial charge on any atom is 0.0994 e. The van der Waals surface area contributed by atoms with Gasteiger partial charge in [0.05, 0.1) is 108 Å². The molecule has 0 spiro atoms. The Kier molecular flexibility index (Phi) is 44.1. The molecule has 12 aliphatic carbocycles. The van der Waals surface area contributed by atoms with Crippen molar-refractivity contribution in [3.05, 3.63) is 215 Å². The zero-order valence-corrected chi connectivity index (χ0v) is 92.5. The highest BCUT2D eigenvalue weighted by molar-refractivity contribution is 5.63. The van der Waals surface area contributed by atoms with Crippen LogP contribution < -0.4 is 0 Å². The summed E-state index contributed by atoms with van der Waals surface area (Å²) in [5.74, 6) is 11.5. The van der Waals surface area contributed by atoms with Gasteiger partial charge in [-0.05, 0) is 287 Å². The predicted octanol–water partition coefficient (Wildman–Crippen LogP) is 35.4. The molecule has 744 valence electrons. The first-order valence-corrected chi connectivity index (χ1v) is 55.6. The molecule has 134 heavy (non-hydrogen) atoms. The lowest BCUT2D eigenvalue weighted by atomic mass is 9.77. The quantitative estimate of drug-likeness (QED) is 0.164. The van der Waals surface area contributed by atoms with Crippen molar-refractivity contribution in [3.63, 3.8) is 0 Å². The standard InChI is InChI=1S/4C17H22N2.2C15H18N2.12C2H6/c1-12-6-15(16-9-18-11-19(16)10-12)17(2)7-13-4-3-5-14(13)8-17;1-12-6-15-10-18-11-19(15)16(7-12)17(2)8-13-4-3-5-14(13)9-17;1-12-6-7-19-11-18-10-15(19)16(12)17(2)8-13-4-3-5-14(13)9-17;1-12-6-7-15-10-18-11-19(15)16(12)17(2)8-13-4-3-5-14(13)9-17;1-10-6-13(14-7-16-9-17(14)8-10)15(2)11-4-3-5-12(11)15;1-10-6-11-8-16-9-17(11)14(7-10)15(2)12-4-3-5-13(12)15;12*1-2/h6,9-11,13-14H,3-5,7-8H2,1-2H3;3*6-7,10-11,13-14H,3-5,8-9H2,1-2H3;6-9,11-12H,3-5H2,1-2H3;6-9,12-13H,3-5H2,1-2H3;12*1-2H3. The minimum absolute atomic E-state index is 0.347. The van der Waals surface area contributed by atoms with Crippen LogP contribution in [0.4, 0.5) is 0 Å². The molecule has 0 bridgehead atoms. The van der Waals surface area contributed by atoms with Gasteiger partial charge in [-0.15, -0.1) is 0 Å². The lowest BCUT2D eigenvalue weighted by Gasteiger charge is -2.28. The molecule has 12 aliphatic rings. The summed E-state index contributed by atoms with van der Waals surface area (Å²) < 4.78 is 13.5. The molecule has 12 saturated carbocycles. The molecule has 12 unspecified atom stereocenters. The Balaban J connectivity index is 0.000000210. The van der Waals surface area contributed by atoms with Crippen LogP contribution in [-0.2, 0) is 32.5 Å². The van der Waals surface area contributed by atoms with E-state index < -0.39 is 0 Å². The van der Waals surface area contributed by atoms with Crippen LogP contribution in [0.15, 0.2) is 148 Å². The van der Waals surface area contributed by atoms with Gasteiger partial charge in [0, 0.05) is 57.3 Å². The second-order valence-corrected chi connectivity index (χ2v) is 40.1. The normalized spacial score (nSPS) is 28.7. The summed E-state index contributed by atoms with van der Waals surface area (Å²) in [4.78, 5) is 26.0. The summed E-state index contributed by atoms with van der Waals surface area (Å²) in [5.41, 5.74) is 27.3. The van der Waals surface area contributed by atoms with Gasteiger partial charge in [0.1, 0.15) is 0 Å². The van der Waals surface area contributed by atoms with Gasteiger partial charge in [-0.3, -0.25) is 0 Å². The maximum atomic E-state index is 4.34. The van der Waals surface area contributed by atoms with E-state index in [9.17, 15) is 0 Å². The molecule has 0 saturated heterocycles. The SMILES string of the molecule is CC.CC.CC.CC.CC.CC.CC.CC.CC.CC.CC.CC.Cc1cc(C2(C)C3CCCC32)c2cncn2c1.Cc1cc(C2(C)C3CCCC32)n2cncc2c1.Cc1cc(C2(C)CC3CCCC3C2)c2cncn2c1.Cc1cc(C2(C)CC3CCCC3C2)n2cncc2c1.Cc1ccc2cncn2c1C1(C)CC2CCCC2C1.Cc1ccn2cncc2c1C1(C)CC2CCCC2C1. The Morgan fingerprint density at radius 3 is 1.01 bits per heavy atom. The molecule has 12 heteroatoms. The minimum atomic E-state index is 0.347. The highest BCUT2D eigenvalue weighted by Gasteiger charge is 2.65. The fourth-order valence-electron chi connectivity index (χ4n) is 27.9. The van der Waals surface area contributed by atoms with Gasteiger partial charge in [0.2, 0.25) is 0 Å². The largest absolute Gasteiger partial charge is 0.306 e. The van der Waals surface area contributed by atoms with Gasteiger partial charge in [-0.1, -0.05) is 316 Å². The number of aromatic nitrogens is 12. The number of hydrogen-bond donors (Lipinski definition) is 0. The molecule has 0 N–H and O–H groups in total. The summed E-state index contributed by atoms with van der Waals surface area (Å²) >= 11 is 0. The monoisotopic (exact) mass is 1830 g/mol. The average Bonchev–Trinajstić information content (AvgIpc) is 1.53. The molecule has 12 nitrogen and oxygen atoms in total. The van der Waals surface area contributed by atoms with Crippen molar-refractivity contribution in [1.29, 1.82) is 0 Å². The Morgan fingerprint density at radius 2 is 0.582 bits per heavy atom. The third-order valence-corrected chi connectivity index (χ3v) is 32.7. The summed E-state index contributed by atoms with van der Waals surface area (Å²) in [6.07, 6.45) is 67.3. The molecule has 0 amide bonds. The summed E-state index contributed by atoms with van der Waals surface area (Å²) in [6, 6.07) is 20.7. The maximum absolute atomic E-state index is 4.34. The molecular weight excluding hydrogens is 1630 g/mol. The first-order valence-electron chi connectivity index (χ1n) is 55.6. The predicted molar refractivity (Wildman–Crippen MR) is 582 cm³/mol. The first-order chi connectivity index (χ1) is 65.1. The van der Waals surface area contributed by atoms with Crippen LogP contribution in [0, 0.1) is 113 Å². The molecule has 0 radical (unpaired) electrons. The van der Waals surface area contributed by atoms with E-state index in [0.717, 1.165) is 71.0 Å². The van der Waals surface area contributed by atoms with Gasteiger partial charge in [0.15, 0.2) is 0 Å². The Morgan fingerprint density at radius 1 is 0.261 bits per heavy atom. The smallest absolute Gasteiger partial charge is 0.0994 e. The van der Waals surface area contributed by atoms with Gasteiger partial charge in [-0.25, -0.2) is 29.9 Å². The fourth-order valence-corrected chi connectivity index (χ4v) is 27.9. The minimum Gasteiger partial charge on any atom is -0.306 e. The van der Waals surface area contributed by atoms with Gasteiger partial charge in [-0.2, -0.15) is 0 Å². The van der Waals surface area contributed by atoms with Crippen molar-refractivity contribution in [2.24, 2.45) is 71.0 Å². The molecular formula is C122H196N12. The van der Waals surface area contributed by atoms with Crippen molar-refractivity contribution in [3.8, 4) is 0 Å². The zero-order chi connectivity index (χ0) is 99.4. The van der Waals surface area contributed by atoms with Crippen molar-refractivity contribution in [1.82, 2.24) is 56.3 Å². The van der Waals surface area contributed by atoms with Crippen LogP contribution in [0.25, 0.3) is 33.1 Å². The van der Waals surface area contributed by atoms with Crippen molar-refractivity contribution >= 4 is 33.1 Å². The summed E-state index contributed by atoms with van der Waals surface area (Å²) in [6.45, 7) is 76.1. The zero-order valence-electron chi connectivity index (χ0n) is 92.5. The number of imidazole rings is 6. The lowest BCUT2D eigenvalue weighted by Crippen LogP contribution is -2.23. The van der Waals surface area contributed by atoms with E-state index in [4.69, 9.17) is 0 Å². The van der Waals surface area contributed by atoms with E-state index in [1.165, 1.54) is 262 Å². The molecule has 12 atom stereocenters. The Hall–Kier alpha value is -7.86. The van der Waals surface area contributed by atoms with E-state index in [2.05, 4.69) is 213 Å². The molecule has 12 heterocycles. The second-order valence-electron chi connectivity index (χ2n) is 40.1. The van der Waals surface area contributed by atoms with Crippen LogP contribution in [0.1, 0.15) is 442 Å². The Bertz CT molecular complexity index is 5010. The molecule has 12 fully saturated rings. The van der Waals surface area contributed by atoms with Crippen molar-refractivity contribution in [2.45, 2.75) is 449 Å². The number of fused-ring (bicyclic) bond motifs is 12. The third-order valence-electron chi connectivity index (χ3n) is 32.7. The van der Waals surface area contributed by atoms with Crippen LogP contribution in [0.5, 0.6) is 0 Å². The highest BCUT2D eigenvalue weighted by Crippen LogP contribution is 2.69. The first kappa shape index (κ1) is 113. The van der Waals surface area contributed by atoms with Crippen LogP contribution in [0.2, 0.25) is 0 Å². The summed E-state index contributed by atoms with van der Waals surface area (Å²) in [5, 5.41) is 0. The van der Waals surface area contributed by atoms with Crippen molar-refractivity contribution < 1.29 is 0 Å². The topological polar surface area (TPSA) is 104 Å². The average molecular weight is 1830 g/mol. The van der Waals surface area contributed by atoms with Crippen LogP contribution >= 0.6 is 0 Å². The molecule has 0 aromatic carbocycles. The number of nitrogens with zero attached hydrogens (tertiary/aromatic N) is 12. The Labute approximate surface area is 819 Å². The van der Waals surface area contributed by atoms with E-state index in [1.54, 1.807) is 5.56 Å². The van der Waals surface area contributed by atoms with Gasteiger partial charge >= 0.3 is 0 Å². The highest BCUT2D eigenvalue weighted by atomic mass is 15.0. The second kappa shape index (κ2) is 52.2. The van der Waals surface area contributed by atoms with Crippen LogP contribution in [0.3, 0.4) is 0 Å². The van der Waals surface area contributed by atoms with Gasteiger partial charge in [0.25, 0.3) is 0 Å². The number of aryl methyl sites for hydroxylation is 6. The van der Waals surface area contributed by atoms with Crippen LogP contribution in [-0.4, -0.2) is 56.3 Å². The van der Waals surface area contributed by atoms with Crippen molar-refractivity contribution in [2.75, 3.05) is 0 Å². The molecule has 12 aromatic rings. The van der Waals surface area contributed by atoms with E-state index in [-0.39, 0.29) is 0 Å². The van der Waals surface area contributed by atoms with Gasteiger partial charge < -0.3 is 26.4 Å².